The van der Waals surface area contributed by atoms with Crippen molar-refractivity contribution in [2.75, 3.05) is 6.61 Å². The molecule has 0 N–H and O–H groups in total. The zero-order valence-corrected chi connectivity index (χ0v) is 11.6. The predicted octanol–water partition coefficient (Wildman–Crippen LogP) is 5.08. The third kappa shape index (κ3) is 1.64. The molecule has 1 aliphatic rings. The standard InChI is InChI=1S/C20H14O/c1-2-4-14-8-17-11-19-12-20-15(5-6-21-20)9-18(19)10-16(17)7-13(14)3-1/h1-4,7-12H,5-6H2. The van der Waals surface area contributed by atoms with Gasteiger partial charge in [-0.3, -0.25) is 0 Å². The summed E-state index contributed by atoms with van der Waals surface area (Å²) >= 11 is 0. The molecular weight excluding hydrogens is 256 g/mol. The first-order valence-corrected chi connectivity index (χ1v) is 7.39. The van der Waals surface area contributed by atoms with Crippen molar-refractivity contribution in [1.29, 1.82) is 0 Å². The Kier molecular flexibility index (Phi) is 2.12. The first-order chi connectivity index (χ1) is 10.4. The highest BCUT2D eigenvalue weighted by Crippen LogP contribution is 2.33. The van der Waals surface area contributed by atoms with Crippen molar-refractivity contribution in [1.82, 2.24) is 0 Å². The van der Waals surface area contributed by atoms with Crippen LogP contribution in [0.2, 0.25) is 0 Å². The molecule has 0 saturated heterocycles. The van der Waals surface area contributed by atoms with Gasteiger partial charge in [0, 0.05) is 6.42 Å². The van der Waals surface area contributed by atoms with Crippen molar-refractivity contribution < 1.29 is 4.74 Å². The van der Waals surface area contributed by atoms with Gasteiger partial charge in [0.1, 0.15) is 5.75 Å². The molecule has 0 fully saturated rings. The van der Waals surface area contributed by atoms with E-state index in [0.29, 0.717) is 0 Å². The fourth-order valence-electron chi connectivity index (χ4n) is 3.37. The fourth-order valence-corrected chi connectivity index (χ4v) is 3.37. The lowest BCUT2D eigenvalue weighted by Crippen LogP contribution is -1.85. The van der Waals surface area contributed by atoms with E-state index in [1.54, 1.807) is 0 Å². The average Bonchev–Trinajstić information content (AvgIpc) is 2.95. The van der Waals surface area contributed by atoms with Gasteiger partial charge in [0.15, 0.2) is 0 Å². The first kappa shape index (κ1) is 11.2. The fraction of sp³-hybridized carbons (Fsp3) is 0.100. The number of rotatable bonds is 0. The number of fused-ring (bicyclic) bond motifs is 4. The van der Waals surface area contributed by atoms with Crippen molar-refractivity contribution in [3.05, 3.63) is 66.2 Å². The molecule has 21 heavy (non-hydrogen) atoms. The van der Waals surface area contributed by atoms with Crippen molar-refractivity contribution in [3.63, 3.8) is 0 Å². The van der Waals surface area contributed by atoms with E-state index in [-0.39, 0.29) is 0 Å². The normalized spacial score (nSPS) is 13.7. The second-order valence-electron chi connectivity index (χ2n) is 5.80. The molecule has 0 spiro atoms. The van der Waals surface area contributed by atoms with Gasteiger partial charge in [0.2, 0.25) is 0 Å². The maximum atomic E-state index is 5.69. The molecule has 4 aromatic rings. The Morgan fingerprint density at radius 3 is 1.90 bits per heavy atom. The maximum Gasteiger partial charge on any atom is 0.123 e. The summed E-state index contributed by atoms with van der Waals surface area (Å²) < 4.78 is 5.69. The van der Waals surface area contributed by atoms with E-state index >= 15 is 0 Å². The zero-order chi connectivity index (χ0) is 13.8. The van der Waals surface area contributed by atoms with Crippen LogP contribution in [0.4, 0.5) is 0 Å². The van der Waals surface area contributed by atoms with E-state index in [2.05, 4.69) is 60.7 Å². The van der Waals surface area contributed by atoms with Gasteiger partial charge in [-0.05, 0) is 74.3 Å². The molecule has 1 aliphatic heterocycles. The van der Waals surface area contributed by atoms with E-state index in [1.165, 1.54) is 37.9 Å². The highest BCUT2D eigenvalue weighted by atomic mass is 16.5. The number of ether oxygens (including phenoxy) is 1. The molecule has 5 rings (SSSR count). The largest absolute Gasteiger partial charge is 0.493 e. The molecule has 1 nitrogen and oxygen atoms in total. The van der Waals surface area contributed by atoms with Crippen molar-refractivity contribution in [3.8, 4) is 5.75 Å². The molecule has 0 unspecified atom stereocenters. The average molecular weight is 270 g/mol. The highest BCUT2D eigenvalue weighted by Gasteiger charge is 2.13. The monoisotopic (exact) mass is 270 g/mol. The molecule has 1 heteroatoms. The van der Waals surface area contributed by atoms with E-state index < -0.39 is 0 Å². The summed E-state index contributed by atoms with van der Waals surface area (Å²) in [4.78, 5) is 0. The Balaban J connectivity index is 1.89. The minimum Gasteiger partial charge on any atom is -0.493 e. The van der Waals surface area contributed by atoms with Gasteiger partial charge in [0.05, 0.1) is 6.61 Å². The number of benzene rings is 4. The number of hydrogen-bond acceptors (Lipinski definition) is 1. The second kappa shape index (κ2) is 3.98. The summed E-state index contributed by atoms with van der Waals surface area (Å²) in [5.74, 6) is 1.06. The molecule has 0 radical (unpaired) electrons. The molecule has 0 aliphatic carbocycles. The van der Waals surface area contributed by atoms with Crippen LogP contribution in [0.15, 0.2) is 60.7 Å². The summed E-state index contributed by atoms with van der Waals surface area (Å²) in [5, 5.41) is 7.76. The topological polar surface area (TPSA) is 9.23 Å². The summed E-state index contributed by atoms with van der Waals surface area (Å²) in [5.41, 5.74) is 1.34. The Morgan fingerprint density at radius 2 is 1.19 bits per heavy atom. The smallest absolute Gasteiger partial charge is 0.123 e. The van der Waals surface area contributed by atoms with Crippen LogP contribution in [0.1, 0.15) is 5.56 Å². The quantitative estimate of drug-likeness (QED) is 0.405. The van der Waals surface area contributed by atoms with Crippen LogP contribution in [0.25, 0.3) is 32.3 Å². The first-order valence-electron chi connectivity index (χ1n) is 7.39. The Labute approximate surface area is 122 Å². The van der Waals surface area contributed by atoms with Crippen LogP contribution >= 0.6 is 0 Å². The summed E-state index contributed by atoms with van der Waals surface area (Å²) in [6, 6.07) is 22.1. The third-order valence-electron chi connectivity index (χ3n) is 4.47. The molecule has 0 saturated carbocycles. The lowest BCUT2D eigenvalue weighted by molar-refractivity contribution is 0.357. The number of hydrogen-bond donors (Lipinski definition) is 0. The van der Waals surface area contributed by atoms with Gasteiger partial charge in [-0.1, -0.05) is 24.3 Å². The van der Waals surface area contributed by atoms with Crippen LogP contribution in [0.3, 0.4) is 0 Å². The van der Waals surface area contributed by atoms with E-state index in [4.69, 9.17) is 4.74 Å². The van der Waals surface area contributed by atoms with E-state index in [9.17, 15) is 0 Å². The SMILES string of the molecule is c1ccc2cc3cc4cc5c(cc4cc3cc2c1)CCO5. The van der Waals surface area contributed by atoms with Crippen molar-refractivity contribution >= 4 is 32.3 Å². The summed E-state index contributed by atoms with van der Waals surface area (Å²) in [6.45, 7) is 0.815. The van der Waals surface area contributed by atoms with Gasteiger partial charge < -0.3 is 4.74 Å². The zero-order valence-electron chi connectivity index (χ0n) is 11.6. The molecule has 0 amide bonds. The Morgan fingerprint density at radius 1 is 0.619 bits per heavy atom. The Hall–Kier alpha value is -2.54. The molecule has 100 valence electrons. The van der Waals surface area contributed by atoms with Crippen LogP contribution in [-0.4, -0.2) is 6.61 Å². The van der Waals surface area contributed by atoms with Gasteiger partial charge in [0.25, 0.3) is 0 Å². The minimum atomic E-state index is 0.815. The van der Waals surface area contributed by atoms with E-state index in [0.717, 1.165) is 18.8 Å². The van der Waals surface area contributed by atoms with Crippen LogP contribution in [0.5, 0.6) is 5.75 Å². The lowest BCUT2D eigenvalue weighted by atomic mass is 9.98. The molecule has 0 atom stereocenters. The molecule has 0 aromatic heterocycles. The van der Waals surface area contributed by atoms with Gasteiger partial charge in [-0.2, -0.15) is 0 Å². The van der Waals surface area contributed by atoms with Gasteiger partial charge in [-0.15, -0.1) is 0 Å². The van der Waals surface area contributed by atoms with Crippen molar-refractivity contribution in [2.24, 2.45) is 0 Å². The van der Waals surface area contributed by atoms with Crippen LogP contribution in [-0.2, 0) is 6.42 Å². The van der Waals surface area contributed by atoms with Crippen LogP contribution < -0.4 is 4.74 Å². The van der Waals surface area contributed by atoms with Gasteiger partial charge >= 0.3 is 0 Å². The lowest BCUT2D eigenvalue weighted by Gasteiger charge is -2.07. The molecular formula is C20H14O. The van der Waals surface area contributed by atoms with Crippen LogP contribution in [0, 0.1) is 0 Å². The van der Waals surface area contributed by atoms with E-state index in [1.807, 2.05) is 0 Å². The highest BCUT2D eigenvalue weighted by molar-refractivity contribution is 6.05. The predicted molar refractivity (Wildman–Crippen MR) is 88.2 cm³/mol. The molecule has 1 heterocycles. The summed E-state index contributed by atoms with van der Waals surface area (Å²) in [7, 11) is 0. The maximum absolute atomic E-state index is 5.69. The summed E-state index contributed by atoms with van der Waals surface area (Å²) in [6.07, 6.45) is 1.03. The minimum absolute atomic E-state index is 0.815. The molecule has 0 bridgehead atoms. The Bertz CT molecular complexity index is 933. The third-order valence-corrected chi connectivity index (χ3v) is 4.47. The second-order valence-corrected chi connectivity index (χ2v) is 5.80. The molecule has 4 aromatic carbocycles. The van der Waals surface area contributed by atoms with Gasteiger partial charge in [-0.25, -0.2) is 0 Å². The van der Waals surface area contributed by atoms with Crippen molar-refractivity contribution in [2.45, 2.75) is 6.42 Å².